The van der Waals surface area contributed by atoms with Gasteiger partial charge in [-0.1, -0.05) is 13.3 Å². The van der Waals surface area contributed by atoms with E-state index in [1.54, 1.807) is 6.92 Å². The fourth-order valence-corrected chi connectivity index (χ4v) is 4.08. The number of ether oxygens (including phenoxy) is 1. The van der Waals surface area contributed by atoms with E-state index in [0.29, 0.717) is 18.9 Å². The number of likely N-dealkylation sites (N-methyl/N-ethyl adjacent to an activating group) is 1. The number of carbonyl (C=O) groups is 1. The summed E-state index contributed by atoms with van der Waals surface area (Å²) in [5.41, 5.74) is 0. The summed E-state index contributed by atoms with van der Waals surface area (Å²) in [6.45, 7) is 5.20. The lowest BCUT2D eigenvalue weighted by Crippen LogP contribution is -2.60. The van der Waals surface area contributed by atoms with Gasteiger partial charge in [0.2, 0.25) is 5.91 Å². The summed E-state index contributed by atoms with van der Waals surface area (Å²) in [6.07, 6.45) is 0.897. The molecule has 2 aliphatic heterocycles. The molecule has 7 atom stereocenters. The predicted molar refractivity (Wildman–Crippen MR) is 93.0 cm³/mol. The first-order chi connectivity index (χ1) is 11.3. The van der Waals surface area contributed by atoms with Crippen molar-refractivity contribution in [1.29, 1.82) is 0 Å². The molecule has 24 heavy (non-hydrogen) atoms. The van der Waals surface area contributed by atoms with Gasteiger partial charge >= 0.3 is 0 Å². The fraction of sp³-hybridized carbons (Fsp3) is 0.941. The normalized spacial score (nSPS) is 37.2. The lowest BCUT2D eigenvalue weighted by atomic mass is 9.94. The van der Waals surface area contributed by atoms with Crippen LogP contribution in [0, 0.1) is 5.92 Å². The molecule has 2 rings (SSSR count). The van der Waals surface area contributed by atoms with E-state index in [1.165, 1.54) is 0 Å². The third-order valence-electron chi connectivity index (χ3n) is 5.25. The molecular weight excluding hydrogens is 332 g/mol. The van der Waals surface area contributed by atoms with Crippen LogP contribution in [0.4, 0.5) is 0 Å². The van der Waals surface area contributed by atoms with Crippen molar-refractivity contribution >= 4 is 17.5 Å². The lowest BCUT2D eigenvalue weighted by molar-refractivity contribution is -0.150. The number of halogens is 1. The third-order valence-corrected chi connectivity index (χ3v) is 5.52. The van der Waals surface area contributed by atoms with E-state index < -0.39 is 29.7 Å². The van der Waals surface area contributed by atoms with E-state index in [9.17, 15) is 15.0 Å². The number of likely N-dealkylation sites (tertiary alicyclic amines) is 1. The zero-order chi connectivity index (χ0) is 17.9. The standard InChI is InChI=1S/C17H31ClN2O4/c1-4-5-11-8-12(20(3)9-11)17(23)19-14(10(2)18)16-15(22)13(21)6-7-24-16/h10-16,21-22H,4-9H2,1-3H3,(H,19,23). The summed E-state index contributed by atoms with van der Waals surface area (Å²) in [6, 6.07) is -0.715. The maximum absolute atomic E-state index is 12.7. The molecule has 0 saturated carbocycles. The Labute approximate surface area is 149 Å². The highest BCUT2D eigenvalue weighted by atomic mass is 35.5. The number of rotatable bonds is 6. The predicted octanol–water partition coefficient (Wildman–Crippen LogP) is 0.730. The minimum absolute atomic E-state index is 0.0792. The van der Waals surface area contributed by atoms with Crippen LogP contribution in [0.1, 0.15) is 39.5 Å². The molecule has 0 aromatic rings. The van der Waals surface area contributed by atoms with E-state index in [1.807, 2.05) is 7.05 Å². The molecule has 3 N–H and O–H groups in total. The van der Waals surface area contributed by atoms with Crippen molar-refractivity contribution in [2.75, 3.05) is 20.2 Å². The highest BCUT2D eigenvalue weighted by Gasteiger charge is 2.42. The van der Waals surface area contributed by atoms with E-state index in [-0.39, 0.29) is 11.9 Å². The van der Waals surface area contributed by atoms with Gasteiger partial charge < -0.3 is 20.3 Å². The molecule has 0 aromatic heterocycles. The van der Waals surface area contributed by atoms with Gasteiger partial charge in [0.15, 0.2) is 0 Å². The lowest BCUT2D eigenvalue weighted by Gasteiger charge is -2.39. The van der Waals surface area contributed by atoms with Crippen molar-refractivity contribution < 1.29 is 19.7 Å². The van der Waals surface area contributed by atoms with Crippen LogP contribution in [-0.4, -0.2) is 77.0 Å². The van der Waals surface area contributed by atoms with Crippen LogP contribution in [-0.2, 0) is 9.53 Å². The molecule has 0 bridgehead atoms. The molecule has 0 spiro atoms. The van der Waals surface area contributed by atoms with Gasteiger partial charge in [-0.05, 0) is 39.2 Å². The van der Waals surface area contributed by atoms with Gasteiger partial charge in [0.25, 0.3) is 0 Å². The molecule has 2 fully saturated rings. The number of amides is 1. The minimum atomic E-state index is -1.04. The van der Waals surface area contributed by atoms with Gasteiger partial charge in [0.05, 0.1) is 23.6 Å². The Morgan fingerprint density at radius 2 is 2.17 bits per heavy atom. The van der Waals surface area contributed by atoms with Crippen LogP contribution in [0.5, 0.6) is 0 Å². The van der Waals surface area contributed by atoms with Crippen molar-refractivity contribution in [1.82, 2.24) is 10.2 Å². The number of alkyl halides is 1. The van der Waals surface area contributed by atoms with Crippen LogP contribution in [0.25, 0.3) is 0 Å². The monoisotopic (exact) mass is 362 g/mol. The zero-order valence-electron chi connectivity index (χ0n) is 14.8. The molecule has 0 aromatic carbocycles. The number of aliphatic hydroxyl groups is 2. The molecule has 0 radical (unpaired) electrons. The average Bonchev–Trinajstić information content (AvgIpc) is 2.89. The molecular formula is C17H31ClN2O4. The molecule has 7 heteroatoms. The number of hydrogen-bond donors (Lipinski definition) is 3. The van der Waals surface area contributed by atoms with Gasteiger partial charge in [-0.15, -0.1) is 11.6 Å². The highest BCUT2D eigenvalue weighted by molar-refractivity contribution is 6.21. The summed E-state index contributed by atoms with van der Waals surface area (Å²) in [5.74, 6) is 0.463. The van der Waals surface area contributed by atoms with Gasteiger partial charge in [-0.2, -0.15) is 0 Å². The van der Waals surface area contributed by atoms with E-state index in [0.717, 1.165) is 25.8 Å². The second-order valence-electron chi connectivity index (χ2n) is 7.24. The zero-order valence-corrected chi connectivity index (χ0v) is 15.6. The summed E-state index contributed by atoms with van der Waals surface area (Å²) in [7, 11) is 1.97. The largest absolute Gasteiger partial charge is 0.390 e. The molecule has 7 unspecified atom stereocenters. The van der Waals surface area contributed by atoms with Crippen LogP contribution in [0.2, 0.25) is 0 Å². The molecule has 2 aliphatic rings. The molecule has 1 amide bonds. The Bertz CT molecular complexity index is 423. The molecule has 6 nitrogen and oxygen atoms in total. The summed E-state index contributed by atoms with van der Waals surface area (Å²) in [4.78, 5) is 14.8. The Kier molecular flexibility index (Phi) is 7.31. The molecule has 0 aliphatic carbocycles. The minimum Gasteiger partial charge on any atom is -0.390 e. The van der Waals surface area contributed by atoms with E-state index >= 15 is 0 Å². The van der Waals surface area contributed by atoms with Gasteiger partial charge in [0, 0.05) is 13.2 Å². The topological polar surface area (TPSA) is 82.0 Å². The van der Waals surface area contributed by atoms with Crippen LogP contribution in [0.15, 0.2) is 0 Å². The van der Waals surface area contributed by atoms with Gasteiger partial charge in [0.1, 0.15) is 12.2 Å². The maximum atomic E-state index is 12.7. The second kappa shape index (κ2) is 8.81. The number of carbonyl (C=O) groups excluding carboxylic acids is 1. The van der Waals surface area contributed by atoms with Crippen LogP contribution >= 0.6 is 11.6 Å². The summed E-state index contributed by atoms with van der Waals surface area (Å²) >= 11 is 6.25. The number of nitrogens with one attached hydrogen (secondary N) is 1. The summed E-state index contributed by atoms with van der Waals surface area (Å²) < 4.78 is 5.61. The van der Waals surface area contributed by atoms with E-state index in [2.05, 4.69) is 17.1 Å². The van der Waals surface area contributed by atoms with Crippen LogP contribution < -0.4 is 5.32 Å². The third kappa shape index (κ3) is 4.61. The van der Waals surface area contributed by atoms with Crippen molar-refractivity contribution in [3.8, 4) is 0 Å². The van der Waals surface area contributed by atoms with Crippen molar-refractivity contribution in [2.24, 2.45) is 5.92 Å². The first-order valence-corrected chi connectivity index (χ1v) is 9.41. The van der Waals surface area contributed by atoms with Crippen molar-refractivity contribution in [3.63, 3.8) is 0 Å². The number of nitrogens with zero attached hydrogens (tertiary/aromatic N) is 1. The average molecular weight is 363 g/mol. The molecule has 140 valence electrons. The maximum Gasteiger partial charge on any atom is 0.237 e. The van der Waals surface area contributed by atoms with Crippen LogP contribution in [0.3, 0.4) is 0 Å². The highest BCUT2D eigenvalue weighted by Crippen LogP contribution is 2.27. The van der Waals surface area contributed by atoms with Gasteiger partial charge in [-0.3, -0.25) is 9.69 Å². The van der Waals surface area contributed by atoms with Crippen molar-refractivity contribution in [3.05, 3.63) is 0 Å². The van der Waals surface area contributed by atoms with Crippen molar-refractivity contribution in [2.45, 2.75) is 75.3 Å². The number of aliphatic hydroxyl groups excluding tert-OH is 2. The summed E-state index contributed by atoms with van der Waals surface area (Å²) in [5, 5.41) is 22.6. The SMILES string of the molecule is CCCC1CC(C(=O)NC(C(C)Cl)C2OCCC(O)C2O)N(C)C1. The molecule has 2 heterocycles. The Morgan fingerprint density at radius 1 is 1.46 bits per heavy atom. The van der Waals surface area contributed by atoms with Gasteiger partial charge in [-0.25, -0.2) is 0 Å². The first kappa shape index (κ1) is 19.9. The Hall–Kier alpha value is -0.400. The molecule has 2 saturated heterocycles. The quantitative estimate of drug-likeness (QED) is 0.607. The fourth-order valence-electron chi connectivity index (χ4n) is 3.88. The smallest absolute Gasteiger partial charge is 0.237 e. The first-order valence-electron chi connectivity index (χ1n) is 8.97. The number of hydrogen-bond acceptors (Lipinski definition) is 5. The second-order valence-corrected chi connectivity index (χ2v) is 7.93. The Balaban J connectivity index is 2.01. The van der Waals surface area contributed by atoms with E-state index in [4.69, 9.17) is 16.3 Å². The Morgan fingerprint density at radius 3 is 2.79 bits per heavy atom.